The van der Waals surface area contributed by atoms with Gasteiger partial charge in [-0.05, 0) is 62.1 Å². The molecule has 1 fully saturated rings. The molecule has 1 heterocycles. The van der Waals surface area contributed by atoms with Crippen molar-refractivity contribution >= 4 is 10.0 Å². The Morgan fingerprint density at radius 3 is 1.62 bits per heavy atom. The van der Waals surface area contributed by atoms with Gasteiger partial charge in [-0.1, -0.05) is 53.7 Å². The predicted molar refractivity (Wildman–Crippen MR) is 122 cm³/mol. The Kier molecular flexibility index (Phi) is 6.99. The molecular weight excluding hydrogens is 380 g/mol. The van der Waals surface area contributed by atoms with Gasteiger partial charge in [0.2, 0.25) is 10.0 Å². The van der Waals surface area contributed by atoms with Crippen LogP contribution in [0.15, 0.2) is 17.0 Å². The van der Waals surface area contributed by atoms with Gasteiger partial charge in [0.15, 0.2) is 0 Å². The van der Waals surface area contributed by atoms with Crippen LogP contribution in [-0.4, -0.2) is 25.5 Å². The maximum Gasteiger partial charge on any atom is 0.241 e. The molecule has 0 aliphatic carbocycles. The third-order valence-electron chi connectivity index (χ3n) is 6.00. The zero-order valence-corrected chi connectivity index (χ0v) is 21.0. The van der Waals surface area contributed by atoms with Gasteiger partial charge in [-0.2, -0.15) is 0 Å². The lowest BCUT2D eigenvalue weighted by Crippen LogP contribution is -3.06. The topological polar surface area (TPSA) is 62.8 Å². The molecule has 4 nitrogen and oxygen atoms in total. The van der Waals surface area contributed by atoms with Crippen LogP contribution in [0.1, 0.15) is 117 Å². The zero-order valence-electron chi connectivity index (χ0n) is 20.2. The molecular formula is C24H43N2O2S+. The van der Waals surface area contributed by atoms with Crippen molar-refractivity contribution in [3.63, 3.8) is 0 Å². The van der Waals surface area contributed by atoms with Crippen LogP contribution >= 0.6 is 0 Å². The number of nitrogens with two attached hydrogens (primary N) is 1. The quantitative estimate of drug-likeness (QED) is 0.701. The summed E-state index contributed by atoms with van der Waals surface area (Å²) in [6.45, 7) is 21.5. The van der Waals surface area contributed by atoms with Crippen molar-refractivity contribution in [2.45, 2.75) is 122 Å². The van der Waals surface area contributed by atoms with Gasteiger partial charge in [0.05, 0.1) is 16.0 Å². The smallest absolute Gasteiger partial charge is 0.241 e. The fraction of sp³-hybridized carbons (Fsp3) is 0.750. The van der Waals surface area contributed by atoms with E-state index in [4.69, 9.17) is 0 Å². The molecule has 1 aromatic rings. The lowest BCUT2D eigenvalue weighted by molar-refractivity contribution is -0.787. The highest BCUT2D eigenvalue weighted by Crippen LogP contribution is 2.35. The van der Waals surface area contributed by atoms with Crippen molar-refractivity contribution in [1.82, 2.24) is 4.72 Å². The fourth-order valence-corrected chi connectivity index (χ4v) is 7.01. The van der Waals surface area contributed by atoms with E-state index >= 15 is 0 Å². The fourth-order valence-electron chi connectivity index (χ4n) is 5.08. The van der Waals surface area contributed by atoms with E-state index < -0.39 is 10.0 Å². The van der Waals surface area contributed by atoms with E-state index in [1.54, 1.807) is 0 Å². The second-order valence-electron chi connectivity index (χ2n) is 11.3. The first-order valence-electron chi connectivity index (χ1n) is 11.1. The van der Waals surface area contributed by atoms with Crippen molar-refractivity contribution in [2.24, 2.45) is 0 Å². The predicted octanol–water partition coefficient (Wildman–Crippen LogP) is 4.62. The summed E-state index contributed by atoms with van der Waals surface area (Å²) >= 11 is 0. The normalized spacial score (nSPS) is 20.0. The third kappa shape index (κ3) is 5.83. The summed E-state index contributed by atoms with van der Waals surface area (Å²) in [5, 5.41) is 2.38. The molecule has 5 heteroatoms. The van der Waals surface area contributed by atoms with Gasteiger partial charge in [0.25, 0.3) is 0 Å². The van der Waals surface area contributed by atoms with Crippen LogP contribution in [0, 0.1) is 0 Å². The van der Waals surface area contributed by atoms with Crippen molar-refractivity contribution < 1.29 is 13.7 Å². The van der Waals surface area contributed by atoms with E-state index in [-0.39, 0.29) is 29.0 Å². The molecule has 0 aromatic heterocycles. The van der Waals surface area contributed by atoms with Crippen LogP contribution in [0.4, 0.5) is 0 Å². The Morgan fingerprint density at radius 1 is 0.862 bits per heavy atom. The monoisotopic (exact) mass is 423 g/mol. The highest BCUT2D eigenvalue weighted by molar-refractivity contribution is 7.89. The summed E-state index contributed by atoms with van der Waals surface area (Å²) in [7, 11) is -3.62. The number of piperidine rings is 1. The van der Waals surface area contributed by atoms with Gasteiger partial charge in [0.1, 0.15) is 0 Å². The second-order valence-corrected chi connectivity index (χ2v) is 13.0. The number of rotatable bonds is 6. The number of nitrogens with one attached hydrogen (secondary N) is 1. The van der Waals surface area contributed by atoms with Crippen molar-refractivity contribution in [3.8, 4) is 0 Å². The van der Waals surface area contributed by atoms with Gasteiger partial charge < -0.3 is 5.32 Å². The van der Waals surface area contributed by atoms with Gasteiger partial charge >= 0.3 is 0 Å². The number of benzene rings is 1. The summed E-state index contributed by atoms with van der Waals surface area (Å²) < 4.78 is 30.6. The molecule has 0 radical (unpaired) electrons. The largest absolute Gasteiger partial charge is 0.337 e. The lowest BCUT2D eigenvalue weighted by atomic mass is 9.80. The van der Waals surface area contributed by atoms with Crippen LogP contribution in [-0.2, 0) is 10.0 Å². The first kappa shape index (κ1) is 24.4. The van der Waals surface area contributed by atoms with E-state index in [2.05, 4.69) is 91.4 Å². The van der Waals surface area contributed by atoms with E-state index in [0.717, 1.165) is 24.0 Å². The molecule has 0 amide bonds. The zero-order chi connectivity index (χ0) is 22.4. The Bertz CT molecular complexity index is 791. The average Bonchev–Trinajstić information content (AvgIpc) is 2.49. The van der Waals surface area contributed by atoms with Gasteiger partial charge in [-0.25, -0.2) is 13.1 Å². The average molecular weight is 424 g/mol. The first-order chi connectivity index (χ1) is 13.0. The Balaban J connectivity index is 2.56. The molecule has 166 valence electrons. The minimum Gasteiger partial charge on any atom is -0.337 e. The molecule has 1 aliphatic rings. The van der Waals surface area contributed by atoms with Crippen LogP contribution in [0.5, 0.6) is 0 Å². The molecule has 1 saturated heterocycles. The van der Waals surface area contributed by atoms with E-state index in [0.29, 0.717) is 10.8 Å². The van der Waals surface area contributed by atoms with E-state index in [1.807, 2.05) is 0 Å². The number of hydrogen-bond donors (Lipinski definition) is 2. The Morgan fingerprint density at radius 2 is 1.28 bits per heavy atom. The molecule has 0 spiro atoms. The van der Waals surface area contributed by atoms with E-state index in [1.165, 1.54) is 5.56 Å². The number of hydrogen-bond acceptors (Lipinski definition) is 2. The molecule has 2 rings (SSSR count). The summed E-state index contributed by atoms with van der Waals surface area (Å²) in [5.74, 6) is 0.654. The molecule has 1 aromatic carbocycles. The van der Waals surface area contributed by atoms with Crippen molar-refractivity contribution in [2.75, 3.05) is 0 Å². The van der Waals surface area contributed by atoms with Crippen LogP contribution in [0.25, 0.3) is 0 Å². The maximum atomic E-state index is 13.7. The lowest BCUT2D eigenvalue weighted by Gasteiger charge is -2.43. The standard InChI is InChI=1S/C24H42N2O2S/c1-15(2)18-11-20(16(3)4)22(21(12-18)17(5)6)29(27,28)25-19-13-23(7,8)26-24(9,10)14-19/h11-12,15-17,19,25-26H,13-14H2,1-10H3/p+1. The third-order valence-corrected chi connectivity index (χ3v) is 7.65. The van der Waals surface area contributed by atoms with Gasteiger partial charge in [0, 0.05) is 18.9 Å². The Hall–Kier alpha value is -0.910. The highest BCUT2D eigenvalue weighted by Gasteiger charge is 2.43. The minimum absolute atomic E-state index is 0.0121. The second kappa shape index (κ2) is 8.32. The van der Waals surface area contributed by atoms with Crippen LogP contribution in [0.3, 0.4) is 0 Å². The van der Waals surface area contributed by atoms with Crippen molar-refractivity contribution in [3.05, 3.63) is 28.8 Å². The summed E-state index contributed by atoms with van der Waals surface area (Å²) in [5.41, 5.74) is 3.11. The maximum absolute atomic E-state index is 13.7. The molecule has 0 bridgehead atoms. The van der Waals surface area contributed by atoms with E-state index in [9.17, 15) is 8.42 Å². The molecule has 0 saturated carbocycles. The van der Waals surface area contributed by atoms with Crippen LogP contribution in [0.2, 0.25) is 0 Å². The molecule has 29 heavy (non-hydrogen) atoms. The molecule has 1 aliphatic heterocycles. The molecule has 0 unspecified atom stereocenters. The number of sulfonamides is 1. The summed E-state index contributed by atoms with van der Waals surface area (Å²) in [6.07, 6.45) is 1.65. The van der Waals surface area contributed by atoms with Gasteiger partial charge in [-0.15, -0.1) is 0 Å². The summed E-state index contributed by atoms with van der Waals surface area (Å²) in [4.78, 5) is 0.511. The van der Waals surface area contributed by atoms with Crippen LogP contribution < -0.4 is 10.0 Å². The minimum atomic E-state index is -3.62. The molecule has 0 atom stereocenters. The number of quaternary nitrogens is 1. The van der Waals surface area contributed by atoms with Gasteiger partial charge in [-0.3, -0.25) is 0 Å². The highest BCUT2D eigenvalue weighted by atomic mass is 32.2. The molecule has 3 N–H and O–H groups in total. The SMILES string of the molecule is CC(C)c1cc(C(C)C)c(S(=O)(=O)NC2CC(C)(C)[NH2+]C(C)(C)C2)c(C(C)C)c1. The summed E-state index contributed by atoms with van der Waals surface area (Å²) in [6, 6.07) is 4.16. The van der Waals surface area contributed by atoms with Crippen molar-refractivity contribution in [1.29, 1.82) is 0 Å². The Labute approximate surface area is 179 Å². The first-order valence-corrected chi connectivity index (χ1v) is 12.6.